The van der Waals surface area contributed by atoms with Crippen molar-refractivity contribution in [2.75, 3.05) is 0 Å². The smallest absolute Gasteiger partial charge is 0.449 e. The Balaban J connectivity index is 1.49. The maximum Gasteiger partial charge on any atom is 0.449 e. The molecule has 6 nitrogen and oxygen atoms in total. The zero-order valence-electron chi connectivity index (χ0n) is 24.7. The Morgan fingerprint density at radius 3 is 2.25 bits per heavy atom. The Bertz CT molecular complexity index is 1860. The summed E-state index contributed by atoms with van der Waals surface area (Å²) in [5.74, 6) is -2.42. The number of nitrogens with zero attached hydrogens (tertiary/aromatic N) is 2. The molecule has 0 spiro atoms. The van der Waals surface area contributed by atoms with Gasteiger partial charge in [0.1, 0.15) is 5.76 Å². The van der Waals surface area contributed by atoms with Crippen LogP contribution in [0.1, 0.15) is 58.1 Å². The molecule has 0 aliphatic rings. The van der Waals surface area contributed by atoms with Crippen LogP contribution in [-0.4, -0.2) is 26.9 Å². The molecule has 2 heterocycles. The van der Waals surface area contributed by atoms with E-state index in [1.54, 1.807) is 32.9 Å². The summed E-state index contributed by atoms with van der Waals surface area (Å²) in [5, 5.41) is 10.3. The van der Waals surface area contributed by atoms with Crippen molar-refractivity contribution in [2.45, 2.75) is 52.4 Å². The van der Waals surface area contributed by atoms with Crippen LogP contribution < -0.4 is 0 Å². The molecule has 1 amide bonds. The standard InChI is InChI=1S/C35H31F3N2O4/c1-21-8-14-30-28(16-21)29(17-22(2)39-30)32(41)40(20-27-13-15-31(44-27)35(36,37)38)19-23-9-11-24(12-10-23)25-6-5-7-26(18-25)34(3,4)33(42)43/h5-18H,19-20H2,1-4H3,(H,42,43). The maximum atomic E-state index is 14.1. The minimum Gasteiger partial charge on any atom is -0.481 e. The lowest BCUT2D eigenvalue weighted by Crippen LogP contribution is -2.30. The second kappa shape index (κ2) is 11.6. The van der Waals surface area contributed by atoms with Crippen LogP contribution in [0.15, 0.2) is 89.3 Å². The van der Waals surface area contributed by atoms with Crippen LogP contribution in [0.2, 0.25) is 0 Å². The molecule has 0 fully saturated rings. The number of carbonyl (C=O) groups excluding carboxylic acids is 1. The number of pyridine rings is 1. The molecule has 3 aromatic carbocycles. The summed E-state index contributed by atoms with van der Waals surface area (Å²) in [5.41, 5.74) is 4.65. The summed E-state index contributed by atoms with van der Waals surface area (Å²) in [4.78, 5) is 31.9. The summed E-state index contributed by atoms with van der Waals surface area (Å²) >= 11 is 0. The molecular formula is C35H31F3N2O4. The highest BCUT2D eigenvalue weighted by Crippen LogP contribution is 2.32. The molecule has 9 heteroatoms. The number of aryl methyl sites for hydroxylation is 2. The maximum absolute atomic E-state index is 14.1. The lowest BCUT2D eigenvalue weighted by molar-refractivity contribution is -0.153. The van der Waals surface area contributed by atoms with Gasteiger partial charge in [-0.25, -0.2) is 0 Å². The van der Waals surface area contributed by atoms with Gasteiger partial charge in [-0.1, -0.05) is 60.2 Å². The molecule has 0 unspecified atom stereocenters. The van der Waals surface area contributed by atoms with E-state index in [0.29, 0.717) is 27.7 Å². The third-order valence-electron chi connectivity index (χ3n) is 7.68. The van der Waals surface area contributed by atoms with E-state index in [1.165, 1.54) is 11.0 Å². The number of rotatable bonds is 8. The summed E-state index contributed by atoms with van der Waals surface area (Å²) in [7, 11) is 0. The van der Waals surface area contributed by atoms with Crippen LogP contribution in [0.4, 0.5) is 13.2 Å². The van der Waals surface area contributed by atoms with E-state index in [-0.39, 0.29) is 24.8 Å². The number of halogens is 3. The highest BCUT2D eigenvalue weighted by molar-refractivity contribution is 6.06. The van der Waals surface area contributed by atoms with Gasteiger partial charge in [-0.15, -0.1) is 0 Å². The molecule has 5 aromatic rings. The first-order valence-electron chi connectivity index (χ1n) is 14.0. The molecule has 0 saturated carbocycles. The third kappa shape index (κ3) is 6.37. The van der Waals surface area contributed by atoms with Gasteiger partial charge >= 0.3 is 12.1 Å². The lowest BCUT2D eigenvalue weighted by Gasteiger charge is -2.23. The molecule has 0 aliphatic heterocycles. The number of hydrogen-bond donors (Lipinski definition) is 1. The minimum absolute atomic E-state index is 0.00594. The second-order valence-corrected chi connectivity index (χ2v) is 11.5. The van der Waals surface area contributed by atoms with E-state index < -0.39 is 23.3 Å². The molecule has 2 aromatic heterocycles. The normalized spacial score (nSPS) is 12.0. The number of amides is 1. The van der Waals surface area contributed by atoms with Gasteiger partial charge in [-0.3, -0.25) is 14.6 Å². The largest absolute Gasteiger partial charge is 0.481 e. The highest BCUT2D eigenvalue weighted by Gasteiger charge is 2.35. The van der Waals surface area contributed by atoms with E-state index in [2.05, 4.69) is 4.98 Å². The SMILES string of the molecule is Cc1ccc2nc(C)cc(C(=O)N(Cc3ccc(-c4cccc(C(C)(C)C(=O)O)c4)cc3)Cc3ccc(C(F)(F)F)o3)c2c1. The van der Waals surface area contributed by atoms with Crippen LogP contribution in [-0.2, 0) is 29.5 Å². The molecule has 0 radical (unpaired) electrons. The van der Waals surface area contributed by atoms with Gasteiger partial charge in [0.2, 0.25) is 5.76 Å². The van der Waals surface area contributed by atoms with Crippen LogP contribution in [0.3, 0.4) is 0 Å². The van der Waals surface area contributed by atoms with Crippen molar-refractivity contribution in [3.8, 4) is 11.1 Å². The Hall–Kier alpha value is -4.92. The Kier molecular flexibility index (Phi) is 8.07. The van der Waals surface area contributed by atoms with E-state index in [4.69, 9.17) is 4.42 Å². The molecule has 1 N–H and O–H groups in total. The fraction of sp³-hybridized carbons (Fsp3) is 0.229. The van der Waals surface area contributed by atoms with Crippen LogP contribution in [0.5, 0.6) is 0 Å². The van der Waals surface area contributed by atoms with Gasteiger partial charge in [-0.2, -0.15) is 13.2 Å². The number of fused-ring (bicyclic) bond motifs is 1. The van der Waals surface area contributed by atoms with Crippen LogP contribution in [0.25, 0.3) is 22.0 Å². The first-order valence-corrected chi connectivity index (χ1v) is 14.0. The molecular weight excluding hydrogens is 569 g/mol. The van der Waals surface area contributed by atoms with Crippen molar-refractivity contribution >= 4 is 22.8 Å². The highest BCUT2D eigenvalue weighted by atomic mass is 19.4. The van der Waals surface area contributed by atoms with Crippen molar-refractivity contribution in [1.82, 2.24) is 9.88 Å². The van der Waals surface area contributed by atoms with E-state index in [9.17, 15) is 27.9 Å². The lowest BCUT2D eigenvalue weighted by atomic mass is 9.83. The fourth-order valence-electron chi connectivity index (χ4n) is 5.06. The van der Waals surface area contributed by atoms with Gasteiger partial charge in [0, 0.05) is 17.6 Å². The number of aliphatic carboxylic acids is 1. The van der Waals surface area contributed by atoms with Gasteiger partial charge in [0.15, 0.2) is 0 Å². The number of hydrogen-bond acceptors (Lipinski definition) is 4. The summed E-state index contributed by atoms with van der Waals surface area (Å²) in [6, 6.07) is 24.1. The van der Waals surface area contributed by atoms with E-state index in [0.717, 1.165) is 28.3 Å². The van der Waals surface area contributed by atoms with E-state index in [1.807, 2.05) is 67.6 Å². The molecule has 0 bridgehead atoms. The second-order valence-electron chi connectivity index (χ2n) is 11.5. The first-order chi connectivity index (χ1) is 20.7. The van der Waals surface area contributed by atoms with E-state index >= 15 is 0 Å². The number of alkyl halides is 3. The van der Waals surface area contributed by atoms with Crippen molar-refractivity contribution in [3.05, 3.63) is 124 Å². The number of carboxylic acids is 1. The summed E-state index contributed by atoms with van der Waals surface area (Å²) < 4.78 is 44.9. The first kappa shape index (κ1) is 30.5. The topological polar surface area (TPSA) is 83.6 Å². The van der Waals surface area contributed by atoms with Crippen molar-refractivity contribution in [2.24, 2.45) is 0 Å². The predicted octanol–water partition coefficient (Wildman–Crippen LogP) is 8.34. The fourth-order valence-corrected chi connectivity index (χ4v) is 5.06. The minimum atomic E-state index is -4.64. The molecule has 226 valence electrons. The van der Waals surface area contributed by atoms with Crippen molar-refractivity contribution in [1.29, 1.82) is 0 Å². The predicted molar refractivity (Wildman–Crippen MR) is 161 cm³/mol. The van der Waals surface area contributed by atoms with Gasteiger partial charge in [0.25, 0.3) is 5.91 Å². The zero-order valence-corrected chi connectivity index (χ0v) is 24.7. The van der Waals surface area contributed by atoms with Crippen LogP contribution in [0, 0.1) is 13.8 Å². The number of carboxylic acid groups (broad SMARTS) is 1. The average Bonchev–Trinajstić information content (AvgIpc) is 3.46. The summed E-state index contributed by atoms with van der Waals surface area (Å²) in [6.07, 6.45) is -4.64. The Morgan fingerprint density at radius 1 is 0.864 bits per heavy atom. The Morgan fingerprint density at radius 2 is 1.59 bits per heavy atom. The van der Waals surface area contributed by atoms with Gasteiger partial charge in [0.05, 0.1) is 23.0 Å². The number of carbonyl (C=O) groups is 2. The third-order valence-corrected chi connectivity index (χ3v) is 7.68. The average molecular weight is 601 g/mol. The summed E-state index contributed by atoms with van der Waals surface area (Å²) in [6.45, 7) is 6.91. The number of benzene rings is 3. The van der Waals surface area contributed by atoms with Gasteiger partial charge < -0.3 is 14.4 Å². The number of furan rings is 1. The Labute approximate surface area is 252 Å². The molecule has 0 aliphatic carbocycles. The molecule has 44 heavy (non-hydrogen) atoms. The quantitative estimate of drug-likeness (QED) is 0.194. The monoisotopic (exact) mass is 600 g/mol. The van der Waals surface area contributed by atoms with Crippen LogP contribution >= 0.6 is 0 Å². The molecule has 0 atom stereocenters. The number of aromatic nitrogens is 1. The van der Waals surface area contributed by atoms with Crippen molar-refractivity contribution < 1.29 is 32.3 Å². The zero-order chi connectivity index (χ0) is 31.8. The van der Waals surface area contributed by atoms with Crippen molar-refractivity contribution in [3.63, 3.8) is 0 Å². The van der Waals surface area contributed by atoms with Gasteiger partial charge in [-0.05, 0) is 80.3 Å². The molecule has 5 rings (SSSR count). The molecule has 0 saturated heterocycles.